The lowest BCUT2D eigenvalue weighted by molar-refractivity contribution is -0.120. The third kappa shape index (κ3) is 2.67. The monoisotopic (exact) mass is 299 g/mol. The third-order valence-electron chi connectivity index (χ3n) is 3.70. The first-order valence-corrected chi connectivity index (χ1v) is 7.06. The largest absolute Gasteiger partial charge is 0.497 e. The smallest absolute Gasteiger partial charge is 0.270 e. The number of hydrogen-bond acceptors (Lipinski definition) is 3. The van der Waals surface area contributed by atoms with Crippen LogP contribution in [0.25, 0.3) is 0 Å². The lowest BCUT2D eigenvalue weighted by atomic mass is 10.2. The molecule has 3 rings (SSSR count). The minimum Gasteiger partial charge on any atom is -0.497 e. The van der Waals surface area contributed by atoms with Crippen LogP contribution in [0.1, 0.15) is 10.5 Å². The Morgan fingerprint density at radius 2 is 2.09 bits per heavy atom. The van der Waals surface area contributed by atoms with Gasteiger partial charge in [0.1, 0.15) is 18.0 Å². The number of nitrogens with zero attached hydrogens (tertiary/aromatic N) is 2. The molecule has 2 aromatic rings. The molecule has 6 heteroatoms. The van der Waals surface area contributed by atoms with Crippen molar-refractivity contribution in [2.45, 2.75) is 0 Å². The summed E-state index contributed by atoms with van der Waals surface area (Å²) in [4.78, 5) is 30.7. The van der Waals surface area contributed by atoms with Crippen molar-refractivity contribution in [1.29, 1.82) is 0 Å². The number of anilines is 1. The van der Waals surface area contributed by atoms with Crippen molar-refractivity contribution in [2.24, 2.45) is 0 Å². The van der Waals surface area contributed by atoms with Crippen LogP contribution in [0.15, 0.2) is 42.6 Å². The van der Waals surface area contributed by atoms with E-state index in [9.17, 15) is 9.59 Å². The summed E-state index contributed by atoms with van der Waals surface area (Å²) >= 11 is 0. The summed E-state index contributed by atoms with van der Waals surface area (Å²) in [7, 11) is 1.59. The van der Waals surface area contributed by atoms with Crippen molar-refractivity contribution >= 4 is 17.5 Å². The summed E-state index contributed by atoms with van der Waals surface area (Å²) in [5.41, 5.74) is 1.29. The van der Waals surface area contributed by atoms with Crippen molar-refractivity contribution in [1.82, 2.24) is 9.88 Å². The van der Waals surface area contributed by atoms with Crippen LogP contribution in [0.5, 0.6) is 5.75 Å². The Balaban J connectivity index is 1.72. The number of hydrogen-bond donors (Lipinski definition) is 1. The number of ether oxygens (including phenoxy) is 1. The molecule has 1 aromatic heterocycles. The molecule has 1 fully saturated rings. The SMILES string of the molecule is COc1cccc(N2CCN(C(=O)c3ccc[nH]3)CC2=O)c1. The second-order valence-corrected chi connectivity index (χ2v) is 5.06. The maximum Gasteiger partial charge on any atom is 0.270 e. The number of rotatable bonds is 3. The fraction of sp³-hybridized carbons (Fsp3) is 0.250. The molecule has 22 heavy (non-hydrogen) atoms. The number of H-pyrrole nitrogens is 1. The van der Waals surface area contributed by atoms with Crippen LogP contribution in [-0.4, -0.2) is 48.4 Å². The van der Waals surface area contributed by atoms with Crippen LogP contribution < -0.4 is 9.64 Å². The number of carbonyl (C=O) groups excluding carboxylic acids is 2. The Morgan fingerprint density at radius 3 is 2.77 bits per heavy atom. The lowest BCUT2D eigenvalue weighted by Crippen LogP contribution is -2.52. The third-order valence-corrected chi connectivity index (χ3v) is 3.70. The van der Waals surface area contributed by atoms with E-state index >= 15 is 0 Å². The minimum absolute atomic E-state index is 0.0784. The topological polar surface area (TPSA) is 65.6 Å². The molecule has 1 aromatic carbocycles. The molecule has 0 bridgehead atoms. The van der Waals surface area contributed by atoms with Crippen molar-refractivity contribution < 1.29 is 14.3 Å². The average Bonchev–Trinajstić information content (AvgIpc) is 3.08. The molecule has 0 aliphatic carbocycles. The molecule has 0 unspecified atom stereocenters. The van der Waals surface area contributed by atoms with Gasteiger partial charge in [-0.1, -0.05) is 6.07 Å². The molecule has 114 valence electrons. The van der Waals surface area contributed by atoms with Gasteiger partial charge in [0.05, 0.1) is 7.11 Å². The van der Waals surface area contributed by atoms with Gasteiger partial charge in [0, 0.05) is 31.0 Å². The van der Waals surface area contributed by atoms with Crippen LogP contribution in [0.2, 0.25) is 0 Å². The molecule has 0 radical (unpaired) electrons. The van der Waals surface area contributed by atoms with Crippen molar-refractivity contribution in [3.8, 4) is 5.75 Å². The van der Waals surface area contributed by atoms with Crippen LogP contribution in [-0.2, 0) is 4.79 Å². The molecule has 0 spiro atoms. The van der Waals surface area contributed by atoms with E-state index in [0.29, 0.717) is 24.5 Å². The first-order chi connectivity index (χ1) is 10.7. The van der Waals surface area contributed by atoms with E-state index < -0.39 is 0 Å². The molecule has 1 N–H and O–H groups in total. The molecule has 0 saturated carbocycles. The summed E-state index contributed by atoms with van der Waals surface area (Å²) in [6.45, 7) is 1.05. The number of methoxy groups -OCH3 is 1. The number of amides is 2. The van der Waals surface area contributed by atoms with Crippen LogP contribution in [0.3, 0.4) is 0 Å². The fourth-order valence-corrected chi connectivity index (χ4v) is 2.53. The average molecular weight is 299 g/mol. The summed E-state index contributed by atoms with van der Waals surface area (Å²) in [5.74, 6) is 0.457. The molecule has 6 nitrogen and oxygen atoms in total. The lowest BCUT2D eigenvalue weighted by Gasteiger charge is -2.34. The van der Waals surface area contributed by atoms with Gasteiger partial charge in [-0.15, -0.1) is 0 Å². The standard InChI is InChI=1S/C16H17N3O3/c1-22-13-5-2-4-12(10-13)19-9-8-18(11-15(19)20)16(21)14-6-3-7-17-14/h2-7,10,17H,8-9,11H2,1H3. The summed E-state index contributed by atoms with van der Waals surface area (Å²) in [5, 5.41) is 0. The zero-order valence-corrected chi connectivity index (χ0v) is 12.3. The normalized spacial score (nSPS) is 15.0. The van der Waals surface area contributed by atoms with Crippen molar-refractivity contribution in [3.63, 3.8) is 0 Å². The molecule has 2 heterocycles. The molecular formula is C16H17N3O3. The van der Waals surface area contributed by atoms with E-state index in [1.165, 1.54) is 0 Å². The maximum absolute atomic E-state index is 12.4. The van der Waals surface area contributed by atoms with Gasteiger partial charge in [-0.25, -0.2) is 0 Å². The van der Waals surface area contributed by atoms with Crippen LogP contribution >= 0.6 is 0 Å². The first kappa shape index (κ1) is 14.2. The fourth-order valence-electron chi connectivity index (χ4n) is 2.53. The van der Waals surface area contributed by atoms with Crippen LogP contribution in [0, 0.1) is 0 Å². The highest BCUT2D eigenvalue weighted by molar-refractivity contribution is 6.01. The Morgan fingerprint density at radius 1 is 1.23 bits per heavy atom. The first-order valence-electron chi connectivity index (χ1n) is 7.06. The highest BCUT2D eigenvalue weighted by Crippen LogP contribution is 2.23. The zero-order chi connectivity index (χ0) is 15.5. The van der Waals surface area contributed by atoms with E-state index in [0.717, 1.165) is 5.69 Å². The second kappa shape index (κ2) is 5.93. The Hall–Kier alpha value is -2.76. The van der Waals surface area contributed by atoms with Crippen molar-refractivity contribution in [3.05, 3.63) is 48.3 Å². The maximum atomic E-state index is 12.4. The van der Waals surface area contributed by atoms with E-state index in [1.807, 2.05) is 24.3 Å². The van der Waals surface area contributed by atoms with Gasteiger partial charge < -0.3 is 19.5 Å². The van der Waals surface area contributed by atoms with Gasteiger partial charge in [0.2, 0.25) is 5.91 Å². The van der Waals surface area contributed by atoms with Crippen LogP contribution in [0.4, 0.5) is 5.69 Å². The quantitative estimate of drug-likeness (QED) is 0.934. The van der Waals surface area contributed by atoms with Gasteiger partial charge in [-0.05, 0) is 24.3 Å². The van der Waals surface area contributed by atoms with Gasteiger partial charge in [-0.3, -0.25) is 9.59 Å². The molecule has 0 atom stereocenters. The van der Waals surface area contributed by atoms with E-state index in [-0.39, 0.29) is 18.4 Å². The molecule has 1 aliphatic rings. The number of carbonyl (C=O) groups is 2. The number of aromatic amines is 1. The predicted octanol–water partition coefficient (Wildman–Crippen LogP) is 1.51. The molecular weight excluding hydrogens is 282 g/mol. The van der Waals surface area contributed by atoms with E-state index in [1.54, 1.807) is 35.2 Å². The molecule has 2 amide bonds. The highest BCUT2D eigenvalue weighted by atomic mass is 16.5. The molecule has 1 saturated heterocycles. The Labute approximate surface area is 128 Å². The predicted molar refractivity (Wildman–Crippen MR) is 82.0 cm³/mol. The Kier molecular flexibility index (Phi) is 3.82. The van der Waals surface area contributed by atoms with Gasteiger partial charge in [-0.2, -0.15) is 0 Å². The summed E-state index contributed by atoms with van der Waals surface area (Å²) in [6, 6.07) is 10.8. The Bertz CT molecular complexity index is 682. The number of nitrogens with one attached hydrogen (secondary N) is 1. The number of piperazine rings is 1. The zero-order valence-electron chi connectivity index (χ0n) is 12.3. The summed E-state index contributed by atoms with van der Waals surface area (Å²) < 4.78 is 5.18. The number of benzene rings is 1. The minimum atomic E-state index is -0.149. The van der Waals surface area contributed by atoms with Gasteiger partial charge >= 0.3 is 0 Å². The second-order valence-electron chi connectivity index (χ2n) is 5.06. The number of aromatic nitrogens is 1. The highest BCUT2D eigenvalue weighted by Gasteiger charge is 2.29. The van der Waals surface area contributed by atoms with E-state index in [2.05, 4.69) is 4.98 Å². The van der Waals surface area contributed by atoms with Gasteiger partial charge in [0.25, 0.3) is 5.91 Å². The van der Waals surface area contributed by atoms with Crippen molar-refractivity contribution in [2.75, 3.05) is 31.6 Å². The van der Waals surface area contributed by atoms with Gasteiger partial charge in [0.15, 0.2) is 0 Å². The summed E-state index contributed by atoms with van der Waals surface area (Å²) in [6.07, 6.45) is 1.70. The molecule has 1 aliphatic heterocycles. The van der Waals surface area contributed by atoms with E-state index in [4.69, 9.17) is 4.74 Å².